The van der Waals surface area contributed by atoms with Gasteiger partial charge in [-0.3, -0.25) is 14.5 Å². The Labute approximate surface area is 148 Å². The van der Waals surface area contributed by atoms with Crippen molar-refractivity contribution in [3.63, 3.8) is 0 Å². The van der Waals surface area contributed by atoms with Gasteiger partial charge in [0, 0.05) is 31.3 Å². The summed E-state index contributed by atoms with van der Waals surface area (Å²) in [5, 5.41) is 7.79. The van der Waals surface area contributed by atoms with Crippen molar-refractivity contribution in [1.29, 1.82) is 0 Å². The van der Waals surface area contributed by atoms with E-state index in [4.69, 9.17) is 4.74 Å². The van der Waals surface area contributed by atoms with E-state index in [0.717, 1.165) is 22.9 Å². The number of anilines is 1. The molecule has 6 nitrogen and oxygen atoms in total. The van der Waals surface area contributed by atoms with Crippen molar-refractivity contribution in [2.75, 3.05) is 45.7 Å². The molecule has 2 rings (SSSR count). The first-order chi connectivity index (χ1) is 12.1. The molecule has 0 aliphatic rings. The van der Waals surface area contributed by atoms with Gasteiger partial charge < -0.3 is 15.4 Å². The van der Waals surface area contributed by atoms with E-state index in [0.29, 0.717) is 13.2 Å². The molecule has 0 atom stereocenters. The van der Waals surface area contributed by atoms with Crippen LogP contribution in [0.1, 0.15) is 6.42 Å². The Bertz CT molecular complexity index is 713. The predicted octanol–water partition coefficient (Wildman–Crippen LogP) is 1.86. The molecule has 0 heterocycles. The number of carbonyl (C=O) groups is 2. The van der Waals surface area contributed by atoms with E-state index >= 15 is 0 Å². The normalized spacial score (nSPS) is 10.8. The molecule has 0 saturated carbocycles. The second-order valence-electron chi connectivity index (χ2n) is 5.94. The minimum atomic E-state index is -0.147. The van der Waals surface area contributed by atoms with Gasteiger partial charge in [-0.1, -0.05) is 36.4 Å². The first-order valence-electron chi connectivity index (χ1n) is 8.32. The fraction of sp³-hybridized carbons (Fsp3) is 0.368. The van der Waals surface area contributed by atoms with E-state index in [-0.39, 0.29) is 24.9 Å². The smallest absolute Gasteiger partial charge is 0.238 e. The Morgan fingerprint density at radius 2 is 1.76 bits per heavy atom. The molecule has 0 unspecified atom stereocenters. The van der Waals surface area contributed by atoms with Crippen molar-refractivity contribution in [2.45, 2.75) is 6.42 Å². The molecule has 2 aromatic rings. The molecule has 0 spiro atoms. The third-order valence-electron chi connectivity index (χ3n) is 3.74. The number of ether oxygens (including phenoxy) is 1. The van der Waals surface area contributed by atoms with Crippen LogP contribution in [0, 0.1) is 0 Å². The van der Waals surface area contributed by atoms with E-state index in [1.54, 1.807) is 19.1 Å². The number of nitrogens with zero attached hydrogens (tertiary/aromatic N) is 1. The monoisotopic (exact) mass is 343 g/mol. The summed E-state index contributed by atoms with van der Waals surface area (Å²) in [6, 6.07) is 13.7. The third-order valence-corrected chi connectivity index (χ3v) is 3.74. The molecule has 0 aromatic heterocycles. The molecule has 2 N–H and O–H groups in total. The first kappa shape index (κ1) is 18.9. The highest BCUT2D eigenvalue weighted by atomic mass is 16.5. The highest BCUT2D eigenvalue weighted by Crippen LogP contribution is 2.22. The van der Waals surface area contributed by atoms with Gasteiger partial charge in [0.25, 0.3) is 0 Å². The molecule has 2 aromatic carbocycles. The van der Waals surface area contributed by atoms with Crippen LogP contribution in [0.15, 0.2) is 42.5 Å². The van der Waals surface area contributed by atoms with Gasteiger partial charge in [-0.2, -0.15) is 0 Å². The van der Waals surface area contributed by atoms with Gasteiger partial charge >= 0.3 is 0 Å². The zero-order valence-electron chi connectivity index (χ0n) is 14.7. The number of likely N-dealkylation sites (N-methyl/N-ethyl adjacent to an activating group) is 1. The summed E-state index contributed by atoms with van der Waals surface area (Å²) < 4.78 is 4.93. The maximum absolute atomic E-state index is 12.2. The topological polar surface area (TPSA) is 70.7 Å². The lowest BCUT2D eigenvalue weighted by molar-refractivity contribution is -0.123. The molecule has 0 saturated heterocycles. The van der Waals surface area contributed by atoms with Crippen molar-refractivity contribution in [3.05, 3.63) is 42.5 Å². The van der Waals surface area contributed by atoms with Gasteiger partial charge in [0.05, 0.1) is 13.1 Å². The lowest BCUT2D eigenvalue weighted by atomic mass is 10.1. The lowest BCUT2D eigenvalue weighted by Crippen LogP contribution is -2.39. The van der Waals surface area contributed by atoms with E-state index in [2.05, 4.69) is 10.6 Å². The van der Waals surface area contributed by atoms with Crippen LogP contribution in [0.25, 0.3) is 10.8 Å². The third kappa shape index (κ3) is 6.17. The zero-order valence-corrected chi connectivity index (χ0v) is 14.7. The molecule has 0 aliphatic heterocycles. The van der Waals surface area contributed by atoms with Gasteiger partial charge in [-0.25, -0.2) is 0 Å². The Balaban J connectivity index is 1.82. The van der Waals surface area contributed by atoms with E-state index in [1.165, 1.54) is 0 Å². The maximum Gasteiger partial charge on any atom is 0.238 e. The maximum atomic E-state index is 12.2. The molecule has 2 amide bonds. The van der Waals surface area contributed by atoms with Gasteiger partial charge in [-0.05, 0) is 24.9 Å². The lowest BCUT2D eigenvalue weighted by Gasteiger charge is -2.16. The Morgan fingerprint density at radius 1 is 1.04 bits per heavy atom. The summed E-state index contributed by atoms with van der Waals surface area (Å²) in [6.07, 6.45) is 0.771. The number of carbonyl (C=O) groups excluding carboxylic acids is 2. The standard InChI is InChI=1S/C19H25N3O3/c1-22(13-18(23)20-11-6-12-25-2)14-19(24)21-17-10-5-8-15-7-3-4-9-16(15)17/h3-5,7-10H,6,11-14H2,1-2H3,(H,20,23)(H,21,24). The number of methoxy groups -OCH3 is 1. The number of hydrogen-bond donors (Lipinski definition) is 2. The quantitative estimate of drug-likeness (QED) is 0.682. The van der Waals surface area contributed by atoms with E-state index in [1.807, 2.05) is 42.5 Å². The molecule has 0 fully saturated rings. The zero-order chi connectivity index (χ0) is 18.1. The minimum Gasteiger partial charge on any atom is -0.385 e. The van der Waals surface area contributed by atoms with E-state index < -0.39 is 0 Å². The summed E-state index contributed by atoms with van der Waals surface area (Å²) in [7, 11) is 3.38. The van der Waals surface area contributed by atoms with E-state index in [9.17, 15) is 9.59 Å². The number of benzene rings is 2. The molecular formula is C19H25N3O3. The summed E-state index contributed by atoms with van der Waals surface area (Å²) >= 11 is 0. The summed E-state index contributed by atoms with van der Waals surface area (Å²) in [5.74, 6) is -0.248. The van der Waals surface area contributed by atoms with Crippen LogP contribution in [-0.2, 0) is 14.3 Å². The predicted molar refractivity (Wildman–Crippen MR) is 99.6 cm³/mol. The average Bonchev–Trinajstić information content (AvgIpc) is 2.59. The SMILES string of the molecule is COCCCNC(=O)CN(C)CC(=O)Nc1cccc2ccccc12. The number of amides is 2. The van der Waals surface area contributed by atoms with Gasteiger partial charge in [-0.15, -0.1) is 0 Å². The van der Waals surface area contributed by atoms with Gasteiger partial charge in [0.15, 0.2) is 0 Å². The minimum absolute atomic E-state index is 0.100. The fourth-order valence-electron chi connectivity index (χ4n) is 2.57. The van der Waals surface area contributed by atoms with Gasteiger partial charge in [0.1, 0.15) is 0 Å². The molecule has 0 aliphatic carbocycles. The second-order valence-corrected chi connectivity index (χ2v) is 5.94. The van der Waals surface area contributed by atoms with Crippen LogP contribution in [0.4, 0.5) is 5.69 Å². The molecule has 6 heteroatoms. The van der Waals surface area contributed by atoms with Crippen LogP contribution >= 0.6 is 0 Å². The number of nitrogens with one attached hydrogen (secondary N) is 2. The molecule has 25 heavy (non-hydrogen) atoms. The number of hydrogen-bond acceptors (Lipinski definition) is 4. The Hall–Kier alpha value is -2.44. The molecule has 0 bridgehead atoms. The van der Waals surface area contributed by atoms with Crippen molar-refractivity contribution < 1.29 is 14.3 Å². The molecular weight excluding hydrogens is 318 g/mol. The number of fused-ring (bicyclic) bond motifs is 1. The largest absolute Gasteiger partial charge is 0.385 e. The first-order valence-corrected chi connectivity index (χ1v) is 8.32. The second kappa shape index (κ2) is 9.76. The fourth-order valence-corrected chi connectivity index (χ4v) is 2.57. The van der Waals surface area contributed by atoms with Crippen molar-refractivity contribution in [1.82, 2.24) is 10.2 Å². The Kier molecular flexibility index (Phi) is 7.37. The van der Waals surface area contributed by atoms with Crippen LogP contribution in [0.3, 0.4) is 0 Å². The van der Waals surface area contributed by atoms with Crippen LogP contribution in [0.5, 0.6) is 0 Å². The summed E-state index contributed by atoms with van der Waals surface area (Å²) in [5.41, 5.74) is 0.778. The summed E-state index contributed by atoms with van der Waals surface area (Å²) in [4.78, 5) is 25.7. The van der Waals surface area contributed by atoms with Crippen molar-refractivity contribution in [3.8, 4) is 0 Å². The van der Waals surface area contributed by atoms with Gasteiger partial charge in [0.2, 0.25) is 11.8 Å². The van der Waals surface area contributed by atoms with Crippen molar-refractivity contribution >= 4 is 28.3 Å². The average molecular weight is 343 g/mol. The van der Waals surface area contributed by atoms with Crippen LogP contribution in [-0.4, -0.2) is 57.1 Å². The van der Waals surface area contributed by atoms with Crippen molar-refractivity contribution in [2.24, 2.45) is 0 Å². The van der Waals surface area contributed by atoms with Crippen LogP contribution in [0.2, 0.25) is 0 Å². The molecule has 0 radical (unpaired) electrons. The van der Waals surface area contributed by atoms with Crippen LogP contribution < -0.4 is 10.6 Å². The highest BCUT2D eigenvalue weighted by Gasteiger charge is 2.11. The Morgan fingerprint density at radius 3 is 2.56 bits per heavy atom. The highest BCUT2D eigenvalue weighted by molar-refractivity contribution is 6.02. The molecule has 134 valence electrons. The summed E-state index contributed by atoms with van der Waals surface area (Å²) in [6.45, 7) is 1.51. The number of rotatable bonds is 9.